The number of nitrogens with zero attached hydrogens (tertiary/aromatic N) is 1. The van der Waals surface area contributed by atoms with E-state index in [1.807, 2.05) is 7.05 Å². The second-order valence-corrected chi connectivity index (χ2v) is 5.38. The summed E-state index contributed by atoms with van der Waals surface area (Å²) in [6.45, 7) is 1.98. The Morgan fingerprint density at radius 1 is 1.39 bits per heavy atom. The van der Waals surface area contributed by atoms with Crippen molar-refractivity contribution in [2.24, 2.45) is 0 Å². The normalized spacial score (nSPS) is 20.5. The highest BCUT2D eigenvalue weighted by Gasteiger charge is 2.23. The Morgan fingerprint density at radius 3 is 2.83 bits per heavy atom. The molecule has 2 heterocycles. The second kappa shape index (κ2) is 5.95. The molecule has 1 atom stereocenters. The van der Waals surface area contributed by atoms with E-state index in [0.29, 0.717) is 15.9 Å². The molecule has 1 unspecified atom stereocenters. The van der Waals surface area contributed by atoms with Crippen LogP contribution in [0.5, 0.6) is 0 Å². The van der Waals surface area contributed by atoms with Crippen molar-refractivity contribution >= 4 is 29.1 Å². The summed E-state index contributed by atoms with van der Waals surface area (Å²) in [4.78, 5) is 16.9. The first-order valence-electron chi connectivity index (χ1n) is 6.11. The Morgan fingerprint density at radius 2 is 2.17 bits per heavy atom. The highest BCUT2D eigenvalue weighted by Crippen LogP contribution is 2.23. The predicted molar refractivity (Wildman–Crippen MR) is 73.4 cm³/mol. The van der Waals surface area contributed by atoms with E-state index >= 15 is 0 Å². The number of H-pyrrole nitrogens is 1. The molecule has 2 N–H and O–H groups in total. The maximum absolute atomic E-state index is 12.3. The molecule has 0 spiro atoms. The van der Waals surface area contributed by atoms with E-state index in [4.69, 9.17) is 23.2 Å². The molecule has 1 amide bonds. The molecule has 0 radical (unpaired) electrons. The van der Waals surface area contributed by atoms with Crippen molar-refractivity contribution in [2.75, 3.05) is 20.1 Å². The van der Waals surface area contributed by atoms with Gasteiger partial charge in [-0.1, -0.05) is 23.2 Å². The smallest absolute Gasteiger partial charge is 0.270 e. The molecular weight excluding hydrogens is 273 g/mol. The lowest BCUT2D eigenvalue weighted by Crippen LogP contribution is -2.37. The standard InChI is InChI=1S/C12H17Cl2N3O/c1-17(8-3-2-5-15-6-4-8)12(18)10-7-9(13)11(14)16-10/h7-8,15-16H,2-6H2,1H3. The lowest BCUT2D eigenvalue weighted by atomic mass is 10.1. The summed E-state index contributed by atoms with van der Waals surface area (Å²) in [6.07, 6.45) is 3.09. The average Bonchev–Trinajstić information content (AvgIpc) is 2.61. The van der Waals surface area contributed by atoms with Crippen LogP contribution in [0.15, 0.2) is 6.07 Å². The van der Waals surface area contributed by atoms with Crippen molar-refractivity contribution in [1.82, 2.24) is 15.2 Å². The molecule has 6 heteroatoms. The van der Waals surface area contributed by atoms with Gasteiger partial charge in [-0.2, -0.15) is 0 Å². The first kappa shape index (κ1) is 13.7. The van der Waals surface area contributed by atoms with E-state index in [1.165, 1.54) is 0 Å². The van der Waals surface area contributed by atoms with Gasteiger partial charge in [0.05, 0.1) is 5.02 Å². The zero-order valence-corrected chi connectivity index (χ0v) is 11.8. The molecule has 1 aromatic heterocycles. The number of carbonyl (C=O) groups is 1. The summed E-state index contributed by atoms with van der Waals surface area (Å²) in [6, 6.07) is 1.85. The number of hydrogen-bond acceptors (Lipinski definition) is 2. The molecule has 0 aromatic carbocycles. The number of halogens is 2. The fourth-order valence-electron chi connectivity index (χ4n) is 2.26. The van der Waals surface area contributed by atoms with Crippen molar-refractivity contribution in [3.05, 3.63) is 21.9 Å². The minimum Gasteiger partial charge on any atom is -0.340 e. The van der Waals surface area contributed by atoms with Crippen LogP contribution >= 0.6 is 23.2 Å². The van der Waals surface area contributed by atoms with E-state index in [2.05, 4.69) is 10.3 Å². The molecule has 4 nitrogen and oxygen atoms in total. The Balaban J connectivity index is 2.07. The number of amides is 1. The molecular formula is C12H17Cl2N3O. The molecule has 0 saturated carbocycles. The van der Waals surface area contributed by atoms with E-state index in [9.17, 15) is 4.79 Å². The number of nitrogens with one attached hydrogen (secondary N) is 2. The minimum absolute atomic E-state index is 0.0595. The zero-order chi connectivity index (χ0) is 13.1. The van der Waals surface area contributed by atoms with Gasteiger partial charge in [0, 0.05) is 13.1 Å². The predicted octanol–water partition coefficient (Wildman–Crippen LogP) is 2.54. The molecule has 1 aliphatic rings. The topological polar surface area (TPSA) is 48.1 Å². The fraction of sp³-hybridized carbons (Fsp3) is 0.583. The third kappa shape index (κ3) is 2.99. The first-order valence-corrected chi connectivity index (χ1v) is 6.87. The molecule has 0 bridgehead atoms. The zero-order valence-electron chi connectivity index (χ0n) is 10.3. The first-order chi connectivity index (χ1) is 8.59. The van der Waals surface area contributed by atoms with Gasteiger partial charge in [-0.05, 0) is 38.4 Å². The lowest BCUT2D eigenvalue weighted by molar-refractivity contribution is 0.0715. The quantitative estimate of drug-likeness (QED) is 0.879. The van der Waals surface area contributed by atoms with Crippen LogP contribution in [0.3, 0.4) is 0 Å². The Hall–Kier alpha value is -0.710. The van der Waals surface area contributed by atoms with Gasteiger partial charge in [0.15, 0.2) is 0 Å². The number of hydrogen-bond donors (Lipinski definition) is 2. The molecule has 2 rings (SSSR count). The molecule has 1 saturated heterocycles. The van der Waals surface area contributed by atoms with Crippen molar-refractivity contribution in [3.63, 3.8) is 0 Å². The summed E-state index contributed by atoms with van der Waals surface area (Å²) < 4.78 is 0. The molecule has 1 aromatic rings. The SMILES string of the molecule is CN(C(=O)c1cc(Cl)c(Cl)[nH]1)C1CCCNCC1. The fourth-order valence-corrected chi connectivity index (χ4v) is 2.58. The Kier molecular flexibility index (Phi) is 4.54. The summed E-state index contributed by atoms with van der Waals surface area (Å²) >= 11 is 11.7. The lowest BCUT2D eigenvalue weighted by Gasteiger charge is -2.26. The summed E-state index contributed by atoms with van der Waals surface area (Å²) in [7, 11) is 1.83. The van der Waals surface area contributed by atoms with Crippen molar-refractivity contribution < 1.29 is 4.79 Å². The van der Waals surface area contributed by atoms with Crippen LogP contribution in [-0.2, 0) is 0 Å². The van der Waals surface area contributed by atoms with Crippen molar-refractivity contribution in [3.8, 4) is 0 Å². The monoisotopic (exact) mass is 289 g/mol. The van der Waals surface area contributed by atoms with Gasteiger partial charge in [0.2, 0.25) is 0 Å². The second-order valence-electron chi connectivity index (χ2n) is 4.60. The van der Waals surface area contributed by atoms with Crippen molar-refractivity contribution in [2.45, 2.75) is 25.3 Å². The van der Waals surface area contributed by atoms with Crippen LogP contribution in [0, 0.1) is 0 Å². The molecule has 0 aliphatic carbocycles. The van der Waals surface area contributed by atoms with Crippen LogP contribution in [-0.4, -0.2) is 42.0 Å². The number of carbonyl (C=O) groups excluding carboxylic acids is 1. The van der Waals surface area contributed by atoms with Crippen LogP contribution in [0.2, 0.25) is 10.2 Å². The van der Waals surface area contributed by atoms with Gasteiger partial charge < -0.3 is 15.2 Å². The highest BCUT2D eigenvalue weighted by atomic mass is 35.5. The average molecular weight is 290 g/mol. The van der Waals surface area contributed by atoms with Crippen LogP contribution in [0.1, 0.15) is 29.8 Å². The maximum Gasteiger partial charge on any atom is 0.270 e. The summed E-state index contributed by atoms with van der Waals surface area (Å²) in [5, 5.41) is 4.04. The number of aromatic amines is 1. The number of aromatic nitrogens is 1. The highest BCUT2D eigenvalue weighted by molar-refractivity contribution is 6.41. The third-order valence-electron chi connectivity index (χ3n) is 3.37. The van der Waals surface area contributed by atoms with E-state index in [0.717, 1.165) is 32.4 Å². The summed E-state index contributed by atoms with van der Waals surface area (Å²) in [5.74, 6) is -0.0595. The largest absolute Gasteiger partial charge is 0.340 e. The van der Waals surface area contributed by atoms with Gasteiger partial charge >= 0.3 is 0 Å². The van der Waals surface area contributed by atoms with Gasteiger partial charge in [0.1, 0.15) is 10.8 Å². The molecule has 18 heavy (non-hydrogen) atoms. The van der Waals surface area contributed by atoms with Crippen molar-refractivity contribution in [1.29, 1.82) is 0 Å². The minimum atomic E-state index is -0.0595. The summed E-state index contributed by atoms with van der Waals surface area (Å²) in [5.41, 5.74) is 0.449. The molecule has 100 valence electrons. The Labute approximate surface area is 117 Å². The third-order valence-corrected chi connectivity index (χ3v) is 4.06. The maximum atomic E-state index is 12.3. The van der Waals surface area contributed by atoms with Gasteiger partial charge in [-0.25, -0.2) is 0 Å². The van der Waals surface area contributed by atoms with Gasteiger partial charge in [-0.3, -0.25) is 4.79 Å². The van der Waals surface area contributed by atoms with E-state index in [1.54, 1.807) is 11.0 Å². The number of rotatable bonds is 2. The van der Waals surface area contributed by atoms with E-state index < -0.39 is 0 Å². The van der Waals surface area contributed by atoms with Crippen LogP contribution < -0.4 is 5.32 Å². The van der Waals surface area contributed by atoms with Crippen LogP contribution in [0.25, 0.3) is 0 Å². The van der Waals surface area contributed by atoms with Gasteiger partial charge in [0.25, 0.3) is 5.91 Å². The molecule has 1 aliphatic heterocycles. The van der Waals surface area contributed by atoms with Gasteiger partial charge in [-0.15, -0.1) is 0 Å². The van der Waals surface area contributed by atoms with E-state index in [-0.39, 0.29) is 11.9 Å². The van der Waals surface area contributed by atoms with Crippen LogP contribution in [0.4, 0.5) is 0 Å². The molecule has 1 fully saturated rings. The Bertz CT molecular complexity index is 405.